The van der Waals surface area contributed by atoms with Crippen LogP contribution in [-0.2, 0) is 0 Å². The molecule has 0 aliphatic carbocycles. The van der Waals surface area contributed by atoms with Crippen LogP contribution in [0.3, 0.4) is 0 Å². The lowest BCUT2D eigenvalue weighted by molar-refractivity contribution is -0.384. The SMILES string of the molecule is O=[N+]([O-])c1cccc(Cl)c1-c1nnc(Br)o1. The Bertz CT molecular complexity index is 557. The molecule has 0 saturated carbocycles. The number of hydrogen-bond donors (Lipinski definition) is 0. The van der Waals surface area contributed by atoms with Gasteiger partial charge in [0, 0.05) is 22.0 Å². The summed E-state index contributed by atoms with van der Waals surface area (Å²) in [6.45, 7) is 0. The van der Waals surface area contributed by atoms with Gasteiger partial charge in [-0.05, 0) is 6.07 Å². The average molecular weight is 304 g/mol. The first kappa shape index (κ1) is 11.0. The van der Waals surface area contributed by atoms with Crippen LogP contribution < -0.4 is 0 Å². The Morgan fingerprint density at radius 3 is 2.75 bits per heavy atom. The Kier molecular flexibility index (Phi) is 2.88. The van der Waals surface area contributed by atoms with Crippen LogP contribution in [0.15, 0.2) is 27.4 Å². The van der Waals surface area contributed by atoms with Gasteiger partial charge in [-0.1, -0.05) is 17.7 Å². The first-order chi connectivity index (χ1) is 7.59. The van der Waals surface area contributed by atoms with Gasteiger partial charge in [0.1, 0.15) is 5.56 Å². The molecule has 0 aliphatic rings. The summed E-state index contributed by atoms with van der Waals surface area (Å²) in [7, 11) is 0. The molecule has 2 rings (SSSR count). The second-order valence-electron chi connectivity index (χ2n) is 2.75. The molecule has 0 bridgehead atoms. The Labute approximate surface area is 103 Å². The van der Waals surface area contributed by atoms with Crippen LogP contribution in [0.25, 0.3) is 11.5 Å². The van der Waals surface area contributed by atoms with Crippen LogP contribution >= 0.6 is 27.5 Å². The molecule has 1 aromatic heterocycles. The van der Waals surface area contributed by atoms with Gasteiger partial charge in [0.2, 0.25) is 0 Å². The van der Waals surface area contributed by atoms with Crippen molar-refractivity contribution in [3.05, 3.63) is 38.1 Å². The highest BCUT2D eigenvalue weighted by Crippen LogP contribution is 2.35. The molecule has 0 atom stereocenters. The van der Waals surface area contributed by atoms with E-state index in [9.17, 15) is 10.1 Å². The van der Waals surface area contributed by atoms with Crippen molar-refractivity contribution in [2.75, 3.05) is 0 Å². The summed E-state index contributed by atoms with van der Waals surface area (Å²) < 4.78 is 5.05. The molecule has 6 nitrogen and oxygen atoms in total. The van der Waals surface area contributed by atoms with Gasteiger partial charge >= 0.3 is 0 Å². The summed E-state index contributed by atoms with van der Waals surface area (Å²) in [6.07, 6.45) is 0. The number of hydrogen-bond acceptors (Lipinski definition) is 5. The lowest BCUT2D eigenvalue weighted by Crippen LogP contribution is -1.92. The zero-order chi connectivity index (χ0) is 11.7. The average Bonchev–Trinajstić information content (AvgIpc) is 2.64. The van der Waals surface area contributed by atoms with Gasteiger partial charge in [0.25, 0.3) is 16.4 Å². The first-order valence-corrected chi connectivity index (χ1v) is 5.19. The van der Waals surface area contributed by atoms with Crippen LogP contribution in [0.1, 0.15) is 0 Å². The Balaban J connectivity index is 2.67. The summed E-state index contributed by atoms with van der Waals surface area (Å²) in [5.74, 6) is 0.00387. The Hall–Kier alpha value is -1.47. The van der Waals surface area contributed by atoms with Crippen molar-refractivity contribution < 1.29 is 9.34 Å². The molecule has 16 heavy (non-hydrogen) atoms. The normalized spacial score (nSPS) is 10.4. The van der Waals surface area contributed by atoms with E-state index in [1.165, 1.54) is 18.2 Å². The van der Waals surface area contributed by atoms with E-state index in [1.54, 1.807) is 0 Å². The van der Waals surface area contributed by atoms with Gasteiger partial charge in [-0.2, -0.15) is 0 Å². The second kappa shape index (κ2) is 4.18. The molecular formula is C8H3BrClN3O3. The molecule has 0 unspecified atom stereocenters. The molecule has 0 radical (unpaired) electrons. The van der Waals surface area contributed by atoms with Gasteiger partial charge in [0.15, 0.2) is 0 Å². The number of nitrogens with zero attached hydrogens (tertiary/aromatic N) is 3. The zero-order valence-corrected chi connectivity index (χ0v) is 9.90. The van der Waals surface area contributed by atoms with Crippen LogP contribution in [0.5, 0.6) is 0 Å². The van der Waals surface area contributed by atoms with Crippen molar-refractivity contribution in [3.8, 4) is 11.5 Å². The van der Waals surface area contributed by atoms with Crippen LogP contribution in [0, 0.1) is 10.1 Å². The molecule has 0 saturated heterocycles. The summed E-state index contributed by atoms with van der Waals surface area (Å²) in [5.41, 5.74) is -0.0592. The maximum atomic E-state index is 10.8. The Morgan fingerprint density at radius 2 is 2.19 bits per heavy atom. The molecule has 0 N–H and O–H groups in total. The van der Waals surface area contributed by atoms with Gasteiger partial charge < -0.3 is 4.42 Å². The fourth-order valence-electron chi connectivity index (χ4n) is 1.18. The molecule has 0 aliphatic heterocycles. The van der Waals surface area contributed by atoms with Gasteiger partial charge in [-0.15, -0.1) is 10.2 Å². The number of nitro benzene ring substituents is 1. The van der Waals surface area contributed by atoms with Gasteiger partial charge in [-0.25, -0.2) is 0 Å². The van der Waals surface area contributed by atoms with Crippen LogP contribution in [0.2, 0.25) is 5.02 Å². The summed E-state index contributed by atoms with van der Waals surface area (Å²) in [6, 6.07) is 4.32. The van der Waals surface area contributed by atoms with Crippen molar-refractivity contribution in [2.45, 2.75) is 0 Å². The minimum atomic E-state index is -0.556. The lowest BCUT2D eigenvalue weighted by atomic mass is 10.2. The molecule has 1 heterocycles. The van der Waals surface area contributed by atoms with E-state index in [2.05, 4.69) is 26.1 Å². The molecule has 1 aromatic carbocycles. The van der Waals surface area contributed by atoms with Gasteiger partial charge in [0.05, 0.1) is 9.95 Å². The van der Waals surface area contributed by atoms with Crippen molar-refractivity contribution >= 4 is 33.2 Å². The molecule has 0 amide bonds. The highest BCUT2D eigenvalue weighted by molar-refractivity contribution is 9.10. The number of benzene rings is 1. The molecular weight excluding hydrogens is 301 g/mol. The zero-order valence-electron chi connectivity index (χ0n) is 7.55. The largest absolute Gasteiger partial charge is 0.411 e. The molecule has 0 spiro atoms. The number of nitro groups is 1. The lowest BCUT2D eigenvalue weighted by Gasteiger charge is -1.99. The number of aromatic nitrogens is 2. The predicted molar refractivity (Wildman–Crippen MR) is 59.1 cm³/mol. The summed E-state index contributed by atoms with van der Waals surface area (Å²) in [4.78, 5) is 10.4. The van der Waals surface area contributed by atoms with Crippen molar-refractivity contribution in [1.29, 1.82) is 0 Å². The first-order valence-electron chi connectivity index (χ1n) is 4.02. The van der Waals surface area contributed by atoms with E-state index in [4.69, 9.17) is 16.0 Å². The van der Waals surface area contributed by atoms with Crippen LogP contribution in [0.4, 0.5) is 5.69 Å². The Morgan fingerprint density at radius 1 is 1.44 bits per heavy atom. The maximum absolute atomic E-state index is 10.8. The second-order valence-corrected chi connectivity index (χ2v) is 3.84. The third-order valence-electron chi connectivity index (χ3n) is 1.80. The van der Waals surface area contributed by atoms with Crippen molar-refractivity contribution in [1.82, 2.24) is 10.2 Å². The third-order valence-corrected chi connectivity index (χ3v) is 2.44. The van der Waals surface area contributed by atoms with E-state index in [1.807, 2.05) is 0 Å². The quantitative estimate of drug-likeness (QED) is 0.629. The van der Waals surface area contributed by atoms with Crippen LogP contribution in [-0.4, -0.2) is 15.1 Å². The molecule has 8 heteroatoms. The highest BCUT2D eigenvalue weighted by atomic mass is 79.9. The smallest absolute Gasteiger partial charge is 0.285 e. The monoisotopic (exact) mass is 303 g/mol. The summed E-state index contributed by atoms with van der Waals surface area (Å²) in [5, 5.41) is 18.2. The highest BCUT2D eigenvalue weighted by Gasteiger charge is 2.22. The predicted octanol–water partition coefficient (Wildman–Crippen LogP) is 3.06. The van der Waals surface area contributed by atoms with E-state index < -0.39 is 4.92 Å². The van der Waals surface area contributed by atoms with Crippen molar-refractivity contribution in [2.24, 2.45) is 0 Å². The number of rotatable bonds is 2. The maximum Gasteiger partial charge on any atom is 0.285 e. The molecule has 82 valence electrons. The van der Waals surface area contributed by atoms with Crippen molar-refractivity contribution in [3.63, 3.8) is 0 Å². The summed E-state index contributed by atoms with van der Waals surface area (Å²) >= 11 is 8.83. The fourth-order valence-corrected chi connectivity index (χ4v) is 1.67. The standard InChI is InChI=1S/C8H3BrClN3O3/c9-8-12-11-7(16-8)6-4(10)2-1-3-5(6)13(14)15/h1-3H. The topological polar surface area (TPSA) is 82.1 Å². The fraction of sp³-hybridized carbons (Fsp3) is 0. The number of halogens is 2. The van der Waals surface area contributed by atoms with Gasteiger partial charge in [-0.3, -0.25) is 10.1 Å². The van der Waals surface area contributed by atoms with E-state index >= 15 is 0 Å². The van der Waals surface area contributed by atoms with E-state index in [0.717, 1.165) is 0 Å². The minimum absolute atomic E-state index is 0.00387. The molecule has 2 aromatic rings. The third kappa shape index (κ3) is 1.91. The minimum Gasteiger partial charge on any atom is -0.411 e. The van der Waals surface area contributed by atoms with E-state index in [-0.39, 0.29) is 27.0 Å². The van der Waals surface area contributed by atoms with E-state index in [0.29, 0.717) is 0 Å². The molecule has 0 fully saturated rings.